The molecule has 1 unspecified atom stereocenters. The van der Waals surface area contributed by atoms with Gasteiger partial charge in [-0.2, -0.15) is 0 Å². The molecular weight excluding hydrogens is 270 g/mol. The Kier molecular flexibility index (Phi) is 4.77. The van der Waals surface area contributed by atoms with E-state index in [4.69, 9.17) is 9.47 Å². The number of rotatable bonds is 6. The largest absolute Gasteiger partial charge is 0.494 e. The summed E-state index contributed by atoms with van der Waals surface area (Å²) < 4.78 is 11.2. The van der Waals surface area contributed by atoms with E-state index in [2.05, 4.69) is 0 Å². The molecule has 5 heteroatoms. The minimum Gasteiger partial charge on any atom is -0.494 e. The second-order valence-electron chi connectivity index (χ2n) is 4.52. The summed E-state index contributed by atoms with van der Waals surface area (Å²) in [4.78, 5) is 10.4. The Balaban J connectivity index is 2.08. The Morgan fingerprint density at radius 1 is 1.14 bits per heavy atom. The van der Waals surface area contributed by atoms with Crippen LogP contribution in [0.4, 0.5) is 5.69 Å². The van der Waals surface area contributed by atoms with Gasteiger partial charge in [0.05, 0.1) is 11.5 Å². The molecule has 110 valence electrons. The topological polar surface area (TPSA) is 61.6 Å². The highest BCUT2D eigenvalue weighted by molar-refractivity contribution is 5.36. The number of non-ortho nitro benzene ring substituents is 1. The molecule has 0 heterocycles. The summed E-state index contributed by atoms with van der Waals surface area (Å²) in [6, 6.07) is 13.8. The number of nitro benzene ring substituents is 1. The van der Waals surface area contributed by atoms with Gasteiger partial charge in [0.2, 0.25) is 0 Å². The SMILES string of the molecule is CCOc1ccc(OC(C)c2cccc([N+](=O)[O-])c2)cc1. The zero-order valence-electron chi connectivity index (χ0n) is 12.0. The Labute approximate surface area is 123 Å². The van der Waals surface area contributed by atoms with E-state index in [0.717, 1.165) is 11.3 Å². The predicted octanol–water partition coefficient (Wildman–Crippen LogP) is 4.13. The lowest BCUT2D eigenvalue weighted by molar-refractivity contribution is -0.385. The Morgan fingerprint density at radius 3 is 2.43 bits per heavy atom. The van der Waals surface area contributed by atoms with Gasteiger partial charge in [0.25, 0.3) is 5.69 Å². The van der Waals surface area contributed by atoms with Crippen LogP contribution in [0.2, 0.25) is 0 Å². The molecule has 0 aliphatic carbocycles. The standard InChI is InChI=1S/C16H17NO4/c1-3-20-15-7-9-16(10-8-15)21-12(2)13-5-4-6-14(11-13)17(18)19/h4-12H,3H2,1-2H3. The summed E-state index contributed by atoms with van der Waals surface area (Å²) in [5.74, 6) is 1.48. The molecule has 0 aliphatic rings. The lowest BCUT2D eigenvalue weighted by Crippen LogP contribution is -2.03. The normalized spacial score (nSPS) is 11.7. The smallest absolute Gasteiger partial charge is 0.269 e. The first-order valence-electron chi connectivity index (χ1n) is 6.74. The maximum Gasteiger partial charge on any atom is 0.269 e. The lowest BCUT2D eigenvalue weighted by atomic mass is 10.1. The summed E-state index contributed by atoms with van der Waals surface area (Å²) in [5, 5.41) is 10.8. The minimum atomic E-state index is -0.410. The maximum atomic E-state index is 10.8. The van der Waals surface area contributed by atoms with Crippen molar-refractivity contribution in [1.29, 1.82) is 0 Å². The van der Waals surface area contributed by atoms with Crippen LogP contribution in [0.25, 0.3) is 0 Å². The van der Waals surface area contributed by atoms with Crippen molar-refractivity contribution in [3.05, 3.63) is 64.2 Å². The van der Waals surface area contributed by atoms with Crippen molar-refractivity contribution < 1.29 is 14.4 Å². The zero-order chi connectivity index (χ0) is 15.2. The Morgan fingerprint density at radius 2 is 1.81 bits per heavy atom. The summed E-state index contributed by atoms with van der Waals surface area (Å²) in [6.07, 6.45) is -0.275. The number of hydrogen-bond donors (Lipinski definition) is 0. The van der Waals surface area contributed by atoms with Crippen LogP contribution in [0.3, 0.4) is 0 Å². The van der Waals surface area contributed by atoms with Crippen molar-refractivity contribution in [3.8, 4) is 11.5 Å². The Bertz CT molecular complexity index is 610. The minimum absolute atomic E-state index is 0.0645. The number of hydrogen-bond acceptors (Lipinski definition) is 4. The molecule has 2 aromatic rings. The van der Waals surface area contributed by atoms with Crippen LogP contribution in [-0.4, -0.2) is 11.5 Å². The fraction of sp³-hybridized carbons (Fsp3) is 0.250. The van der Waals surface area contributed by atoms with Gasteiger partial charge in [-0.3, -0.25) is 10.1 Å². The second kappa shape index (κ2) is 6.74. The molecule has 2 rings (SSSR count). The Hall–Kier alpha value is -2.56. The number of nitro groups is 1. The molecule has 0 bridgehead atoms. The summed E-state index contributed by atoms with van der Waals surface area (Å²) in [5.41, 5.74) is 0.827. The number of ether oxygens (including phenoxy) is 2. The van der Waals surface area contributed by atoms with E-state index < -0.39 is 4.92 Å². The third-order valence-electron chi connectivity index (χ3n) is 3.00. The van der Waals surface area contributed by atoms with Crippen LogP contribution >= 0.6 is 0 Å². The van der Waals surface area contributed by atoms with Crippen molar-refractivity contribution in [3.63, 3.8) is 0 Å². The second-order valence-corrected chi connectivity index (χ2v) is 4.52. The van der Waals surface area contributed by atoms with Gasteiger partial charge >= 0.3 is 0 Å². The van der Waals surface area contributed by atoms with Crippen LogP contribution in [0.5, 0.6) is 11.5 Å². The lowest BCUT2D eigenvalue weighted by Gasteiger charge is -2.15. The molecule has 2 aromatic carbocycles. The molecule has 21 heavy (non-hydrogen) atoms. The van der Waals surface area contributed by atoms with E-state index in [-0.39, 0.29) is 11.8 Å². The van der Waals surface area contributed by atoms with Crippen LogP contribution in [0.1, 0.15) is 25.5 Å². The summed E-state index contributed by atoms with van der Waals surface area (Å²) >= 11 is 0. The van der Waals surface area contributed by atoms with Gasteiger partial charge in [-0.05, 0) is 43.7 Å². The first-order valence-corrected chi connectivity index (χ1v) is 6.74. The fourth-order valence-corrected chi connectivity index (χ4v) is 1.94. The quantitative estimate of drug-likeness (QED) is 0.592. The van der Waals surface area contributed by atoms with E-state index >= 15 is 0 Å². The van der Waals surface area contributed by atoms with Crippen LogP contribution in [0, 0.1) is 10.1 Å². The van der Waals surface area contributed by atoms with Crippen molar-refractivity contribution >= 4 is 5.69 Å². The van der Waals surface area contributed by atoms with Gasteiger partial charge in [0.15, 0.2) is 0 Å². The average molecular weight is 287 g/mol. The average Bonchev–Trinajstić information content (AvgIpc) is 2.49. The van der Waals surface area contributed by atoms with Gasteiger partial charge in [0, 0.05) is 12.1 Å². The summed E-state index contributed by atoms with van der Waals surface area (Å²) in [6.45, 7) is 4.40. The third kappa shape index (κ3) is 3.95. The fourth-order valence-electron chi connectivity index (χ4n) is 1.94. The maximum absolute atomic E-state index is 10.8. The van der Waals surface area contributed by atoms with E-state index in [1.54, 1.807) is 6.07 Å². The molecule has 0 saturated carbocycles. The zero-order valence-corrected chi connectivity index (χ0v) is 12.0. The van der Waals surface area contributed by atoms with Gasteiger partial charge < -0.3 is 9.47 Å². The molecular formula is C16H17NO4. The summed E-state index contributed by atoms with van der Waals surface area (Å²) in [7, 11) is 0. The van der Waals surface area contributed by atoms with Crippen molar-refractivity contribution in [2.24, 2.45) is 0 Å². The highest BCUT2D eigenvalue weighted by atomic mass is 16.6. The molecule has 0 N–H and O–H groups in total. The van der Waals surface area contributed by atoms with Crippen LogP contribution < -0.4 is 9.47 Å². The molecule has 5 nitrogen and oxygen atoms in total. The van der Waals surface area contributed by atoms with E-state index in [1.807, 2.05) is 44.2 Å². The number of nitrogens with zero attached hydrogens (tertiary/aromatic N) is 1. The molecule has 1 atom stereocenters. The van der Waals surface area contributed by atoms with E-state index in [1.165, 1.54) is 12.1 Å². The third-order valence-corrected chi connectivity index (χ3v) is 3.00. The molecule has 0 aromatic heterocycles. The highest BCUT2D eigenvalue weighted by Crippen LogP contribution is 2.25. The van der Waals surface area contributed by atoms with Crippen molar-refractivity contribution in [2.75, 3.05) is 6.61 Å². The van der Waals surface area contributed by atoms with E-state index in [0.29, 0.717) is 12.4 Å². The molecule has 0 saturated heterocycles. The van der Waals surface area contributed by atoms with Gasteiger partial charge in [-0.1, -0.05) is 12.1 Å². The molecule has 0 radical (unpaired) electrons. The molecule has 0 amide bonds. The first kappa shape index (κ1) is 14.8. The van der Waals surface area contributed by atoms with Gasteiger partial charge in [0.1, 0.15) is 17.6 Å². The van der Waals surface area contributed by atoms with Gasteiger partial charge in [-0.15, -0.1) is 0 Å². The highest BCUT2D eigenvalue weighted by Gasteiger charge is 2.12. The van der Waals surface area contributed by atoms with Crippen LogP contribution in [0.15, 0.2) is 48.5 Å². The van der Waals surface area contributed by atoms with Crippen molar-refractivity contribution in [1.82, 2.24) is 0 Å². The first-order chi connectivity index (χ1) is 10.1. The van der Waals surface area contributed by atoms with Crippen LogP contribution in [-0.2, 0) is 0 Å². The van der Waals surface area contributed by atoms with Crippen molar-refractivity contribution in [2.45, 2.75) is 20.0 Å². The molecule has 0 fully saturated rings. The molecule has 0 aliphatic heterocycles. The predicted molar refractivity (Wildman–Crippen MR) is 79.8 cm³/mol. The van der Waals surface area contributed by atoms with Gasteiger partial charge in [-0.25, -0.2) is 0 Å². The molecule has 0 spiro atoms. The van der Waals surface area contributed by atoms with E-state index in [9.17, 15) is 10.1 Å². The monoisotopic (exact) mass is 287 g/mol. The number of benzene rings is 2.